The predicted octanol–water partition coefficient (Wildman–Crippen LogP) is 3.68. The molecule has 0 saturated heterocycles. The molecule has 2 atom stereocenters. The Morgan fingerprint density at radius 3 is 2.56 bits per heavy atom. The lowest BCUT2D eigenvalue weighted by molar-refractivity contribution is 0.503. The van der Waals surface area contributed by atoms with Crippen molar-refractivity contribution in [2.24, 2.45) is 5.92 Å². The summed E-state index contributed by atoms with van der Waals surface area (Å²) < 4.78 is 0. The molecule has 0 aliphatic rings. The van der Waals surface area contributed by atoms with E-state index in [-0.39, 0.29) is 0 Å². The van der Waals surface area contributed by atoms with Gasteiger partial charge in [0.2, 0.25) is 0 Å². The van der Waals surface area contributed by atoms with E-state index in [1.165, 1.54) is 0 Å². The van der Waals surface area contributed by atoms with Crippen molar-refractivity contribution in [1.29, 1.82) is 0 Å². The summed E-state index contributed by atoms with van der Waals surface area (Å²) in [5.41, 5.74) is 1.16. The fraction of sp³-hybridized carbons (Fsp3) is 0.786. The molecule has 0 amide bonds. The molecule has 18 heavy (non-hydrogen) atoms. The Morgan fingerprint density at radius 2 is 2.00 bits per heavy atom. The maximum atomic E-state index is 4.75. The minimum absolute atomic E-state index is 0.345. The quantitative estimate of drug-likeness (QED) is 0.818. The number of aromatic nitrogens is 1. The standard InChI is InChI=1S/C14H27N3S/c1-7-8-15-11(4)13-9-18-14(16-13)17(6)12(5)10(2)3/h9-12,15H,7-8H2,1-6H3. The zero-order valence-electron chi connectivity index (χ0n) is 12.5. The lowest BCUT2D eigenvalue weighted by Gasteiger charge is -2.27. The van der Waals surface area contributed by atoms with Crippen LogP contribution in [0.15, 0.2) is 5.38 Å². The normalized spacial score (nSPS) is 14.8. The second-order valence-corrected chi connectivity index (χ2v) is 6.16. The molecule has 0 spiro atoms. The number of nitrogens with zero attached hydrogens (tertiary/aromatic N) is 2. The Labute approximate surface area is 116 Å². The van der Waals surface area contributed by atoms with E-state index in [0.717, 1.165) is 23.8 Å². The second kappa shape index (κ2) is 7.10. The average molecular weight is 269 g/mol. The first-order chi connectivity index (χ1) is 8.47. The Balaban J connectivity index is 2.67. The van der Waals surface area contributed by atoms with Crippen molar-refractivity contribution in [3.8, 4) is 0 Å². The zero-order valence-corrected chi connectivity index (χ0v) is 13.3. The Bertz CT molecular complexity index is 349. The van der Waals surface area contributed by atoms with E-state index in [1.807, 2.05) is 0 Å². The maximum absolute atomic E-state index is 4.75. The van der Waals surface area contributed by atoms with Gasteiger partial charge in [0.1, 0.15) is 0 Å². The number of anilines is 1. The molecule has 0 aromatic carbocycles. The number of rotatable bonds is 7. The van der Waals surface area contributed by atoms with Crippen LogP contribution in [0.4, 0.5) is 5.13 Å². The lowest BCUT2D eigenvalue weighted by atomic mass is 10.1. The zero-order chi connectivity index (χ0) is 13.7. The van der Waals surface area contributed by atoms with E-state index >= 15 is 0 Å². The van der Waals surface area contributed by atoms with Gasteiger partial charge in [-0.05, 0) is 32.7 Å². The minimum atomic E-state index is 0.345. The second-order valence-electron chi connectivity index (χ2n) is 5.33. The third-order valence-corrected chi connectivity index (χ3v) is 4.48. The number of nitrogens with one attached hydrogen (secondary N) is 1. The summed E-state index contributed by atoms with van der Waals surface area (Å²) in [6.07, 6.45) is 1.16. The van der Waals surface area contributed by atoms with E-state index in [2.05, 4.69) is 57.3 Å². The highest BCUT2D eigenvalue weighted by Crippen LogP contribution is 2.26. The number of hydrogen-bond donors (Lipinski definition) is 1. The van der Waals surface area contributed by atoms with Gasteiger partial charge in [-0.2, -0.15) is 0 Å². The molecule has 0 aliphatic carbocycles. The molecule has 104 valence electrons. The van der Waals surface area contributed by atoms with E-state index in [4.69, 9.17) is 4.98 Å². The van der Waals surface area contributed by atoms with Crippen molar-refractivity contribution in [1.82, 2.24) is 10.3 Å². The molecule has 0 bridgehead atoms. The van der Waals surface area contributed by atoms with Gasteiger partial charge in [-0.15, -0.1) is 11.3 Å². The summed E-state index contributed by atoms with van der Waals surface area (Å²) in [5.74, 6) is 0.637. The first-order valence-corrected chi connectivity index (χ1v) is 7.77. The summed E-state index contributed by atoms with van der Waals surface area (Å²) in [6, 6.07) is 0.862. The van der Waals surface area contributed by atoms with Crippen molar-refractivity contribution < 1.29 is 0 Å². The maximum Gasteiger partial charge on any atom is 0.185 e. The lowest BCUT2D eigenvalue weighted by Crippen LogP contribution is -2.33. The van der Waals surface area contributed by atoms with Crippen molar-refractivity contribution in [3.05, 3.63) is 11.1 Å². The third-order valence-electron chi connectivity index (χ3n) is 3.53. The molecule has 4 heteroatoms. The molecule has 1 heterocycles. The third kappa shape index (κ3) is 3.95. The van der Waals surface area contributed by atoms with Gasteiger partial charge in [0.25, 0.3) is 0 Å². The van der Waals surface area contributed by atoms with Gasteiger partial charge in [-0.3, -0.25) is 0 Å². The molecule has 1 rings (SSSR count). The first-order valence-electron chi connectivity index (χ1n) is 6.89. The number of hydrogen-bond acceptors (Lipinski definition) is 4. The summed E-state index contributed by atoms with van der Waals surface area (Å²) in [6.45, 7) is 12.2. The van der Waals surface area contributed by atoms with E-state index in [0.29, 0.717) is 18.0 Å². The van der Waals surface area contributed by atoms with Crippen molar-refractivity contribution in [2.75, 3.05) is 18.5 Å². The van der Waals surface area contributed by atoms with Crippen molar-refractivity contribution in [3.63, 3.8) is 0 Å². The van der Waals surface area contributed by atoms with Crippen LogP contribution in [0.5, 0.6) is 0 Å². The fourth-order valence-corrected chi connectivity index (χ4v) is 2.70. The smallest absolute Gasteiger partial charge is 0.185 e. The van der Waals surface area contributed by atoms with Crippen LogP contribution in [-0.2, 0) is 0 Å². The predicted molar refractivity (Wildman–Crippen MR) is 81.5 cm³/mol. The fourth-order valence-electron chi connectivity index (χ4n) is 1.72. The summed E-state index contributed by atoms with van der Waals surface area (Å²) in [7, 11) is 2.14. The summed E-state index contributed by atoms with van der Waals surface area (Å²) in [5, 5.41) is 6.77. The monoisotopic (exact) mass is 269 g/mol. The van der Waals surface area contributed by atoms with Gasteiger partial charge >= 0.3 is 0 Å². The van der Waals surface area contributed by atoms with E-state index in [1.54, 1.807) is 11.3 Å². The van der Waals surface area contributed by atoms with Gasteiger partial charge in [-0.25, -0.2) is 4.98 Å². The van der Waals surface area contributed by atoms with Crippen molar-refractivity contribution in [2.45, 2.75) is 53.1 Å². The molecule has 2 unspecified atom stereocenters. The largest absolute Gasteiger partial charge is 0.348 e. The van der Waals surface area contributed by atoms with Crippen LogP contribution in [0.25, 0.3) is 0 Å². The molecule has 0 aliphatic heterocycles. The molecular weight excluding hydrogens is 242 g/mol. The molecular formula is C14H27N3S. The van der Waals surface area contributed by atoms with Gasteiger partial charge in [0, 0.05) is 24.5 Å². The highest BCUT2D eigenvalue weighted by molar-refractivity contribution is 7.13. The Kier molecular flexibility index (Phi) is 6.09. The Hall–Kier alpha value is -0.610. The van der Waals surface area contributed by atoms with Gasteiger partial charge < -0.3 is 10.2 Å². The molecule has 1 aromatic rings. The molecule has 0 radical (unpaired) electrons. The molecule has 1 aromatic heterocycles. The summed E-state index contributed by atoms with van der Waals surface area (Å²) >= 11 is 1.74. The molecule has 0 saturated carbocycles. The average Bonchev–Trinajstić information content (AvgIpc) is 2.83. The highest BCUT2D eigenvalue weighted by Gasteiger charge is 2.17. The van der Waals surface area contributed by atoms with Crippen LogP contribution >= 0.6 is 11.3 Å². The highest BCUT2D eigenvalue weighted by atomic mass is 32.1. The summed E-state index contributed by atoms with van der Waals surface area (Å²) in [4.78, 5) is 7.03. The van der Waals surface area contributed by atoms with Crippen LogP contribution < -0.4 is 10.2 Å². The number of thiazole rings is 1. The van der Waals surface area contributed by atoms with Crippen LogP contribution in [-0.4, -0.2) is 24.6 Å². The van der Waals surface area contributed by atoms with Crippen LogP contribution in [0.2, 0.25) is 0 Å². The van der Waals surface area contributed by atoms with E-state index in [9.17, 15) is 0 Å². The van der Waals surface area contributed by atoms with Gasteiger partial charge in [0.15, 0.2) is 5.13 Å². The van der Waals surface area contributed by atoms with Crippen LogP contribution in [0, 0.1) is 5.92 Å². The first kappa shape index (κ1) is 15.4. The molecule has 0 fully saturated rings. The minimum Gasteiger partial charge on any atom is -0.348 e. The molecule has 1 N–H and O–H groups in total. The van der Waals surface area contributed by atoms with Crippen LogP contribution in [0.1, 0.15) is 52.8 Å². The topological polar surface area (TPSA) is 28.2 Å². The van der Waals surface area contributed by atoms with Crippen LogP contribution in [0.3, 0.4) is 0 Å². The van der Waals surface area contributed by atoms with Crippen molar-refractivity contribution >= 4 is 16.5 Å². The van der Waals surface area contributed by atoms with Gasteiger partial charge in [-0.1, -0.05) is 20.8 Å². The molecule has 3 nitrogen and oxygen atoms in total. The Morgan fingerprint density at radius 1 is 1.33 bits per heavy atom. The van der Waals surface area contributed by atoms with E-state index < -0.39 is 0 Å². The van der Waals surface area contributed by atoms with Gasteiger partial charge in [0.05, 0.1) is 5.69 Å². The SMILES string of the molecule is CCCNC(C)c1csc(N(C)C(C)C(C)C)n1.